The van der Waals surface area contributed by atoms with Gasteiger partial charge in [-0.3, -0.25) is 0 Å². The van der Waals surface area contributed by atoms with Crippen LogP contribution in [0.1, 0.15) is 16.7 Å². The Labute approximate surface area is 152 Å². The number of aromatic nitrogens is 2. The molecule has 2 N–H and O–H groups in total. The summed E-state index contributed by atoms with van der Waals surface area (Å²) in [4.78, 5) is 0. The lowest BCUT2D eigenvalue weighted by Crippen LogP contribution is -2.06. The van der Waals surface area contributed by atoms with E-state index in [1.165, 1.54) is 16.8 Å². The van der Waals surface area contributed by atoms with Gasteiger partial charge in [0.2, 0.25) is 0 Å². The topological polar surface area (TPSA) is 76.9 Å². The molecule has 0 aliphatic heterocycles. The standard InChI is InChI=1S/C18H14BrFN4O/c19-14-5-1-12(2-6-14)10-24-17(22)16(9-21)18(23-24)25-11-13-3-7-15(20)8-4-13/h1-8H,10-11,22H2. The van der Waals surface area contributed by atoms with Crippen LogP contribution in [0.4, 0.5) is 10.2 Å². The van der Waals surface area contributed by atoms with Gasteiger partial charge in [-0.1, -0.05) is 40.2 Å². The van der Waals surface area contributed by atoms with Crippen LogP contribution in [-0.4, -0.2) is 9.78 Å². The Kier molecular flexibility index (Phi) is 5.00. The van der Waals surface area contributed by atoms with Crippen molar-refractivity contribution < 1.29 is 9.13 Å². The molecule has 5 nitrogen and oxygen atoms in total. The molecule has 2 aromatic carbocycles. The molecule has 3 rings (SSSR count). The van der Waals surface area contributed by atoms with Gasteiger partial charge in [0.05, 0.1) is 6.54 Å². The third-order valence-electron chi connectivity index (χ3n) is 3.61. The lowest BCUT2D eigenvalue weighted by Gasteiger charge is -2.04. The summed E-state index contributed by atoms with van der Waals surface area (Å²) in [5, 5.41) is 13.6. The van der Waals surface area contributed by atoms with Crippen molar-refractivity contribution in [1.29, 1.82) is 5.26 Å². The molecule has 3 aromatic rings. The van der Waals surface area contributed by atoms with Crippen molar-refractivity contribution in [2.45, 2.75) is 13.2 Å². The average molecular weight is 401 g/mol. The van der Waals surface area contributed by atoms with E-state index in [-0.39, 0.29) is 29.7 Å². The van der Waals surface area contributed by atoms with Crippen molar-refractivity contribution in [1.82, 2.24) is 9.78 Å². The number of hydrogen-bond acceptors (Lipinski definition) is 4. The van der Waals surface area contributed by atoms with E-state index < -0.39 is 0 Å². The van der Waals surface area contributed by atoms with Crippen molar-refractivity contribution in [3.63, 3.8) is 0 Å². The van der Waals surface area contributed by atoms with Gasteiger partial charge in [-0.15, -0.1) is 5.10 Å². The second-order valence-corrected chi connectivity index (χ2v) is 6.29. The predicted octanol–water partition coefficient (Wildman–Crippen LogP) is 3.87. The molecule has 0 radical (unpaired) electrons. The lowest BCUT2D eigenvalue weighted by atomic mass is 10.2. The minimum absolute atomic E-state index is 0.168. The van der Waals surface area contributed by atoms with Crippen LogP contribution in [0.25, 0.3) is 0 Å². The molecule has 0 aliphatic carbocycles. The van der Waals surface area contributed by atoms with Crippen molar-refractivity contribution in [3.05, 3.63) is 75.5 Å². The van der Waals surface area contributed by atoms with Crippen LogP contribution < -0.4 is 10.5 Å². The highest BCUT2D eigenvalue weighted by molar-refractivity contribution is 9.10. The van der Waals surface area contributed by atoms with Crippen LogP contribution in [0.3, 0.4) is 0 Å². The molecule has 0 atom stereocenters. The van der Waals surface area contributed by atoms with E-state index in [2.05, 4.69) is 21.0 Å². The Balaban J connectivity index is 1.79. The number of rotatable bonds is 5. The molecule has 0 spiro atoms. The Morgan fingerprint density at radius 1 is 1.12 bits per heavy atom. The highest BCUT2D eigenvalue weighted by atomic mass is 79.9. The number of benzene rings is 2. The van der Waals surface area contributed by atoms with E-state index in [0.29, 0.717) is 6.54 Å². The molecular formula is C18H14BrFN4O. The first-order chi connectivity index (χ1) is 12.1. The Bertz CT molecular complexity index is 914. The van der Waals surface area contributed by atoms with Crippen LogP contribution in [0.15, 0.2) is 53.0 Å². The van der Waals surface area contributed by atoms with E-state index in [1.807, 2.05) is 30.3 Å². The van der Waals surface area contributed by atoms with Crippen molar-refractivity contribution in [3.8, 4) is 11.9 Å². The van der Waals surface area contributed by atoms with E-state index in [1.54, 1.807) is 12.1 Å². The maximum absolute atomic E-state index is 12.9. The number of nitrogens with zero attached hydrogens (tertiary/aromatic N) is 3. The molecule has 1 heterocycles. The van der Waals surface area contributed by atoms with E-state index >= 15 is 0 Å². The number of nitrogens with two attached hydrogens (primary N) is 1. The van der Waals surface area contributed by atoms with Crippen LogP contribution in [-0.2, 0) is 13.2 Å². The molecule has 0 amide bonds. The number of hydrogen-bond donors (Lipinski definition) is 1. The van der Waals surface area contributed by atoms with Gasteiger partial charge in [-0.05, 0) is 35.4 Å². The Morgan fingerprint density at radius 2 is 1.76 bits per heavy atom. The predicted molar refractivity (Wildman–Crippen MR) is 95.3 cm³/mol. The fraction of sp³-hybridized carbons (Fsp3) is 0.111. The zero-order valence-corrected chi connectivity index (χ0v) is 14.7. The summed E-state index contributed by atoms with van der Waals surface area (Å²) in [5.74, 6) is 0.102. The third-order valence-corrected chi connectivity index (χ3v) is 4.13. The average Bonchev–Trinajstić information content (AvgIpc) is 2.91. The van der Waals surface area contributed by atoms with E-state index in [9.17, 15) is 9.65 Å². The zero-order valence-electron chi connectivity index (χ0n) is 13.1. The zero-order chi connectivity index (χ0) is 17.8. The van der Waals surface area contributed by atoms with Gasteiger partial charge in [0.25, 0.3) is 5.88 Å². The summed E-state index contributed by atoms with van der Waals surface area (Å²) in [6, 6.07) is 15.7. The molecule has 1 aromatic heterocycles. The largest absolute Gasteiger partial charge is 0.471 e. The molecule has 0 unspecified atom stereocenters. The highest BCUT2D eigenvalue weighted by Crippen LogP contribution is 2.25. The van der Waals surface area contributed by atoms with Crippen molar-refractivity contribution in [2.24, 2.45) is 0 Å². The van der Waals surface area contributed by atoms with E-state index in [4.69, 9.17) is 10.5 Å². The molecular weight excluding hydrogens is 387 g/mol. The minimum Gasteiger partial charge on any atom is -0.471 e. The molecule has 0 aliphatic rings. The van der Waals surface area contributed by atoms with Gasteiger partial charge in [-0.2, -0.15) is 5.26 Å². The number of anilines is 1. The van der Waals surface area contributed by atoms with Gasteiger partial charge in [0.1, 0.15) is 24.3 Å². The van der Waals surface area contributed by atoms with Crippen LogP contribution in [0.5, 0.6) is 5.88 Å². The van der Waals surface area contributed by atoms with Gasteiger partial charge < -0.3 is 10.5 Å². The number of nitrogen functional groups attached to an aromatic ring is 1. The normalized spacial score (nSPS) is 10.4. The quantitative estimate of drug-likeness (QED) is 0.704. The first-order valence-corrected chi connectivity index (χ1v) is 8.24. The molecule has 0 saturated heterocycles. The molecule has 0 bridgehead atoms. The summed E-state index contributed by atoms with van der Waals surface area (Å²) in [5.41, 5.74) is 7.98. The fourth-order valence-corrected chi connectivity index (χ4v) is 2.54. The first kappa shape index (κ1) is 17.0. The maximum Gasteiger partial charge on any atom is 0.253 e. The SMILES string of the molecule is N#Cc1c(OCc2ccc(F)cc2)nn(Cc2ccc(Br)cc2)c1N. The Hall–Kier alpha value is -2.85. The number of halogens is 2. The summed E-state index contributed by atoms with van der Waals surface area (Å²) in [7, 11) is 0. The number of ether oxygens (including phenoxy) is 1. The summed E-state index contributed by atoms with van der Waals surface area (Å²) < 4.78 is 21.1. The second kappa shape index (κ2) is 7.36. The van der Waals surface area contributed by atoms with Gasteiger partial charge in [0, 0.05) is 4.47 Å². The van der Waals surface area contributed by atoms with Gasteiger partial charge in [0.15, 0.2) is 5.56 Å². The first-order valence-electron chi connectivity index (χ1n) is 7.45. The lowest BCUT2D eigenvalue weighted by molar-refractivity contribution is 0.289. The summed E-state index contributed by atoms with van der Waals surface area (Å²) >= 11 is 3.39. The monoisotopic (exact) mass is 400 g/mol. The summed E-state index contributed by atoms with van der Waals surface area (Å²) in [6.07, 6.45) is 0. The molecule has 7 heteroatoms. The smallest absolute Gasteiger partial charge is 0.253 e. The summed E-state index contributed by atoms with van der Waals surface area (Å²) in [6.45, 7) is 0.595. The molecule has 0 fully saturated rings. The molecule has 25 heavy (non-hydrogen) atoms. The van der Waals surface area contributed by atoms with Crippen molar-refractivity contribution >= 4 is 21.7 Å². The fourth-order valence-electron chi connectivity index (χ4n) is 2.27. The van der Waals surface area contributed by atoms with Gasteiger partial charge in [-0.25, -0.2) is 9.07 Å². The highest BCUT2D eigenvalue weighted by Gasteiger charge is 2.17. The van der Waals surface area contributed by atoms with Crippen LogP contribution in [0, 0.1) is 17.1 Å². The van der Waals surface area contributed by atoms with E-state index in [0.717, 1.165) is 15.6 Å². The number of nitriles is 1. The van der Waals surface area contributed by atoms with Crippen molar-refractivity contribution in [2.75, 3.05) is 5.73 Å². The Morgan fingerprint density at radius 3 is 2.40 bits per heavy atom. The van der Waals surface area contributed by atoms with Crippen LogP contribution >= 0.6 is 15.9 Å². The molecule has 0 saturated carbocycles. The molecule has 126 valence electrons. The van der Waals surface area contributed by atoms with Gasteiger partial charge >= 0.3 is 0 Å². The second-order valence-electron chi connectivity index (χ2n) is 5.38. The third kappa shape index (κ3) is 3.98. The minimum atomic E-state index is -0.315. The van der Waals surface area contributed by atoms with Crippen LogP contribution in [0.2, 0.25) is 0 Å². The maximum atomic E-state index is 12.9.